The number of hydrogen-bond acceptors (Lipinski definition) is 0. The van der Waals surface area contributed by atoms with E-state index in [0.29, 0.717) is 4.83 Å². The largest absolute Gasteiger partial charge is 1.00 e. The van der Waals surface area contributed by atoms with Crippen molar-refractivity contribution in [1.29, 1.82) is 0 Å². The highest BCUT2D eigenvalue weighted by atomic mass is 79.9. The third-order valence-electron chi connectivity index (χ3n) is 1.93. The van der Waals surface area contributed by atoms with E-state index in [0.717, 1.165) is 13.0 Å². The van der Waals surface area contributed by atoms with Crippen LogP contribution in [0.15, 0.2) is 30.3 Å². The van der Waals surface area contributed by atoms with Crippen LogP contribution in [0.4, 0.5) is 0 Å². The fraction of sp³-hybridized carbons (Fsp3) is 0.455. The molecule has 1 N–H and O–H groups in total. The molecule has 0 aromatic heterocycles. The molecule has 0 saturated carbocycles. The Bertz CT molecular complexity index is 236. The molecule has 0 amide bonds. The average Bonchev–Trinajstić information content (AvgIpc) is 2.04. The molecular weight excluding hydrogens is 306 g/mol. The molecule has 0 aliphatic carbocycles. The normalized spacial score (nSPS) is 12.3. The van der Waals surface area contributed by atoms with Gasteiger partial charge >= 0.3 is 0 Å². The Hall–Kier alpha value is 0.140. The van der Waals surface area contributed by atoms with Crippen molar-refractivity contribution in [3.63, 3.8) is 0 Å². The number of halogens is 2. The third-order valence-corrected chi connectivity index (χ3v) is 2.58. The first-order valence-electron chi connectivity index (χ1n) is 4.65. The molecule has 0 heterocycles. The quantitative estimate of drug-likeness (QED) is 0.620. The highest BCUT2D eigenvalue weighted by Crippen LogP contribution is 2.07. The molecule has 0 fully saturated rings. The maximum absolute atomic E-state index is 3.69. The van der Waals surface area contributed by atoms with Gasteiger partial charge in [0.05, 0.1) is 25.5 Å². The van der Waals surface area contributed by atoms with Gasteiger partial charge in [-0.1, -0.05) is 46.3 Å². The van der Waals surface area contributed by atoms with Crippen LogP contribution in [-0.2, 0) is 6.42 Å². The summed E-state index contributed by atoms with van der Waals surface area (Å²) in [5, 5.41) is 0. The zero-order chi connectivity index (χ0) is 9.68. The van der Waals surface area contributed by atoms with Crippen LogP contribution < -0.4 is 21.9 Å². The molecule has 1 nitrogen and oxygen atoms in total. The smallest absolute Gasteiger partial charge is 0.0897 e. The summed E-state index contributed by atoms with van der Waals surface area (Å²) in [4.78, 5) is 2.07. The zero-order valence-corrected chi connectivity index (χ0v) is 11.8. The number of hydrogen-bond donors (Lipinski definition) is 1. The first kappa shape index (κ1) is 14.1. The fourth-order valence-electron chi connectivity index (χ4n) is 1.38. The molecule has 0 saturated heterocycles. The van der Waals surface area contributed by atoms with Gasteiger partial charge in [0.15, 0.2) is 0 Å². The highest BCUT2D eigenvalue weighted by molar-refractivity contribution is 9.09. The molecule has 3 heteroatoms. The van der Waals surface area contributed by atoms with Crippen LogP contribution in [0.25, 0.3) is 0 Å². The van der Waals surface area contributed by atoms with Crippen molar-refractivity contribution >= 4 is 15.9 Å². The van der Waals surface area contributed by atoms with Gasteiger partial charge in [0.25, 0.3) is 0 Å². The minimum atomic E-state index is 0. The molecule has 0 aliphatic rings. The van der Waals surface area contributed by atoms with Gasteiger partial charge in [-0.3, -0.25) is 0 Å². The molecule has 80 valence electrons. The summed E-state index contributed by atoms with van der Waals surface area (Å²) in [6.07, 6.45) is 1.12. The molecule has 1 atom stereocenters. The van der Waals surface area contributed by atoms with Crippen LogP contribution in [0.2, 0.25) is 0 Å². The number of benzene rings is 1. The fourth-order valence-corrected chi connectivity index (χ4v) is 2.41. The minimum absolute atomic E-state index is 0. The van der Waals surface area contributed by atoms with Crippen molar-refractivity contribution in [2.45, 2.75) is 11.2 Å². The van der Waals surface area contributed by atoms with Gasteiger partial charge < -0.3 is 21.9 Å². The van der Waals surface area contributed by atoms with Gasteiger partial charge in [-0.2, -0.15) is 0 Å². The van der Waals surface area contributed by atoms with Gasteiger partial charge in [-0.15, -0.1) is 0 Å². The van der Waals surface area contributed by atoms with Crippen molar-refractivity contribution in [3.8, 4) is 0 Å². The van der Waals surface area contributed by atoms with E-state index in [1.807, 2.05) is 0 Å². The van der Waals surface area contributed by atoms with Crippen LogP contribution in [0.3, 0.4) is 0 Å². The van der Waals surface area contributed by atoms with Gasteiger partial charge in [-0.25, -0.2) is 0 Å². The summed E-state index contributed by atoms with van der Waals surface area (Å²) in [6, 6.07) is 10.6. The predicted octanol–water partition coefficient (Wildman–Crippen LogP) is -1.86. The van der Waals surface area contributed by atoms with Gasteiger partial charge in [-0.05, 0) is 12.0 Å². The van der Waals surface area contributed by atoms with Gasteiger partial charge in [0.1, 0.15) is 0 Å². The Kier molecular flexibility index (Phi) is 7.51. The summed E-state index contributed by atoms with van der Waals surface area (Å²) < 4.78 is 0. The lowest BCUT2D eigenvalue weighted by atomic mass is 10.1. The van der Waals surface area contributed by atoms with E-state index in [1.165, 1.54) is 10.5 Å². The zero-order valence-electron chi connectivity index (χ0n) is 8.63. The Labute approximate surface area is 105 Å². The summed E-state index contributed by atoms with van der Waals surface area (Å²) >= 11 is 3.69. The Morgan fingerprint density at radius 3 is 2.29 bits per heavy atom. The Morgan fingerprint density at radius 2 is 1.79 bits per heavy atom. The maximum atomic E-state index is 3.69. The number of rotatable bonds is 4. The van der Waals surface area contributed by atoms with Crippen molar-refractivity contribution in [3.05, 3.63) is 35.9 Å². The summed E-state index contributed by atoms with van der Waals surface area (Å²) in [7, 11) is 4.36. The lowest BCUT2D eigenvalue weighted by Crippen LogP contribution is -3.06. The van der Waals surface area contributed by atoms with Crippen molar-refractivity contribution in [2.75, 3.05) is 20.6 Å². The minimum Gasteiger partial charge on any atom is -1.00 e. The maximum Gasteiger partial charge on any atom is 0.0897 e. The monoisotopic (exact) mass is 321 g/mol. The molecular formula is C11H17Br2N. The average molecular weight is 323 g/mol. The molecule has 1 aromatic carbocycles. The van der Waals surface area contributed by atoms with Crippen LogP contribution in [0.5, 0.6) is 0 Å². The van der Waals surface area contributed by atoms with E-state index in [1.54, 1.807) is 0 Å². The topological polar surface area (TPSA) is 4.44 Å². The lowest BCUT2D eigenvalue weighted by molar-refractivity contribution is -0.857. The van der Waals surface area contributed by atoms with Crippen LogP contribution in [-0.4, -0.2) is 25.5 Å². The highest BCUT2D eigenvalue weighted by Gasteiger charge is 2.08. The number of quaternary nitrogens is 1. The molecule has 14 heavy (non-hydrogen) atoms. The predicted molar refractivity (Wildman–Crippen MR) is 60.5 cm³/mol. The van der Waals surface area contributed by atoms with Gasteiger partial charge in [0, 0.05) is 0 Å². The van der Waals surface area contributed by atoms with E-state index in [-0.39, 0.29) is 17.0 Å². The molecule has 1 unspecified atom stereocenters. The second-order valence-electron chi connectivity index (χ2n) is 3.70. The van der Waals surface area contributed by atoms with Crippen LogP contribution in [0, 0.1) is 0 Å². The first-order chi connectivity index (χ1) is 6.18. The van der Waals surface area contributed by atoms with E-state index in [9.17, 15) is 0 Å². The summed E-state index contributed by atoms with van der Waals surface area (Å²) in [6.45, 7) is 1.16. The molecule has 0 radical (unpaired) electrons. The third kappa shape index (κ3) is 5.78. The van der Waals surface area contributed by atoms with E-state index in [4.69, 9.17) is 0 Å². The Morgan fingerprint density at radius 1 is 1.21 bits per heavy atom. The molecule has 1 aromatic rings. The molecule has 0 aliphatic heterocycles. The van der Waals surface area contributed by atoms with Gasteiger partial charge in [0.2, 0.25) is 0 Å². The summed E-state index contributed by atoms with van der Waals surface area (Å²) in [5.74, 6) is 0. The summed E-state index contributed by atoms with van der Waals surface area (Å²) in [5.41, 5.74) is 1.41. The standard InChI is InChI=1S/C11H16BrN.BrH/c1-13(2)9-11(12)8-10-6-4-3-5-7-10;/h3-7,11H,8-9H2,1-2H3;1H. The molecule has 1 rings (SSSR count). The van der Waals surface area contributed by atoms with E-state index in [2.05, 4.69) is 60.4 Å². The van der Waals surface area contributed by atoms with Crippen molar-refractivity contribution in [1.82, 2.24) is 0 Å². The number of alkyl halides is 1. The van der Waals surface area contributed by atoms with Crippen molar-refractivity contribution in [2.24, 2.45) is 0 Å². The van der Waals surface area contributed by atoms with Crippen LogP contribution >= 0.6 is 15.9 Å². The number of nitrogens with one attached hydrogen (secondary N) is 1. The van der Waals surface area contributed by atoms with E-state index < -0.39 is 0 Å². The van der Waals surface area contributed by atoms with E-state index >= 15 is 0 Å². The van der Waals surface area contributed by atoms with Crippen molar-refractivity contribution < 1.29 is 21.9 Å². The van der Waals surface area contributed by atoms with Crippen LogP contribution in [0.1, 0.15) is 5.56 Å². The lowest BCUT2D eigenvalue weighted by Gasteiger charge is -2.12. The SMILES string of the molecule is C[NH+](C)CC(Br)Cc1ccccc1.[Br-]. The molecule has 0 bridgehead atoms. The second kappa shape index (κ2) is 7.43. The Balaban J connectivity index is 0.00000169. The first-order valence-corrected chi connectivity index (χ1v) is 5.57. The molecule has 0 spiro atoms. The second-order valence-corrected chi connectivity index (χ2v) is 4.99.